The first-order valence-electron chi connectivity index (χ1n) is 14.3. The average molecular weight is 471 g/mol. The van der Waals surface area contributed by atoms with Crippen molar-refractivity contribution in [1.82, 2.24) is 0 Å². The van der Waals surface area contributed by atoms with Gasteiger partial charge in [-0.3, -0.25) is 0 Å². The molecule has 4 aliphatic rings. The molecule has 187 valence electrons. The molecule has 0 aromatic heterocycles. The van der Waals surface area contributed by atoms with E-state index in [1.165, 1.54) is 95.2 Å². The van der Waals surface area contributed by atoms with Crippen LogP contribution in [0.5, 0.6) is 5.75 Å². The molecule has 4 aliphatic carbocycles. The molecule has 33 heavy (non-hydrogen) atoms. The zero-order valence-corrected chi connectivity index (χ0v) is 23.1. The van der Waals surface area contributed by atoms with Crippen LogP contribution in [-0.2, 0) is 10.2 Å². The quantitative estimate of drug-likeness (QED) is 0.201. The average Bonchev–Trinajstić information content (AvgIpc) is 2.81. The first-order chi connectivity index (χ1) is 16.1. The van der Waals surface area contributed by atoms with Gasteiger partial charge < -0.3 is 9.47 Å². The highest BCUT2D eigenvalue weighted by Crippen LogP contribution is 2.61. The van der Waals surface area contributed by atoms with Gasteiger partial charge in [0.15, 0.2) is 6.79 Å². The predicted octanol–water partition coefficient (Wildman–Crippen LogP) is 8.19. The second kappa shape index (κ2) is 11.3. The Bertz CT molecular complexity index is 701. The summed E-state index contributed by atoms with van der Waals surface area (Å²) in [5, 5.41) is 1.76. The third-order valence-electron chi connectivity index (χ3n) is 9.56. The molecule has 0 amide bonds. The van der Waals surface area contributed by atoms with E-state index in [1.807, 2.05) is 0 Å². The van der Waals surface area contributed by atoms with Crippen molar-refractivity contribution in [3.63, 3.8) is 0 Å². The summed E-state index contributed by atoms with van der Waals surface area (Å²) < 4.78 is 11.6. The van der Waals surface area contributed by atoms with E-state index in [0.29, 0.717) is 12.2 Å². The lowest BCUT2D eigenvalue weighted by Crippen LogP contribution is -2.51. The third kappa shape index (κ3) is 5.40. The predicted molar refractivity (Wildman–Crippen MR) is 143 cm³/mol. The van der Waals surface area contributed by atoms with Crippen molar-refractivity contribution in [2.75, 3.05) is 13.9 Å². The number of hydrogen-bond donors (Lipinski definition) is 0. The molecule has 4 bridgehead atoms. The maximum absolute atomic E-state index is 6.28. The van der Waals surface area contributed by atoms with Gasteiger partial charge in [0, 0.05) is 7.11 Å². The maximum Gasteiger partial charge on any atom is 0.188 e. The molecule has 4 fully saturated rings. The van der Waals surface area contributed by atoms with E-state index in [2.05, 4.69) is 39.0 Å². The summed E-state index contributed by atoms with van der Waals surface area (Å²) in [5.74, 6) is 4.00. The molecule has 0 saturated heterocycles. The van der Waals surface area contributed by atoms with Crippen LogP contribution in [0.2, 0.25) is 18.1 Å². The standard InChI is InChI=1S/C30H50O2Si/c1-5-8-13-33(14-9-6-2,15-10-7-3)27-11-12-29(32-23-31-4)28(19-27)30-20-24-16-25(21-30)18-26(17-24)22-30/h11-12,19,24-26H,5-10,13-18,20-23H2,1-4H3/q-1. The number of ether oxygens (including phenoxy) is 2. The van der Waals surface area contributed by atoms with Gasteiger partial charge >= 0.3 is 0 Å². The van der Waals surface area contributed by atoms with Gasteiger partial charge in [-0.2, -0.15) is 23.3 Å². The van der Waals surface area contributed by atoms with Gasteiger partial charge in [0.1, 0.15) is 5.75 Å². The van der Waals surface area contributed by atoms with Crippen molar-refractivity contribution >= 4 is 13.3 Å². The lowest BCUT2D eigenvalue weighted by molar-refractivity contribution is -0.00878. The van der Waals surface area contributed by atoms with E-state index >= 15 is 0 Å². The smallest absolute Gasteiger partial charge is 0.188 e. The van der Waals surface area contributed by atoms with Crippen LogP contribution < -0.4 is 9.92 Å². The molecule has 2 nitrogen and oxygen atoms in total. The number of benzene rings is 1. The lowest BCUT2D eigenvalue weighted by atomic mass is 9.48. The second-order valence-corrected chi connectivity index (χ2v) is 16.7. The van der Waals surface area contributed by atoms with Gasteiger partial charge in [-0.05, 0) is 73.3 Å². The largest absolute Gasteiger partial charge is 0.467 e. The number of hydrogen-bond acceptors (Lipinski definition) is 2. The Kier molecular flexibility index (Phi) is 8.65. The van der Waals surface area contributed by atoms with Crippen LogP contribution in [0.4, 0.5) is 0 Å². The van der Waals surface area contributed by atoms with Gasteiger partial charge in [0.05, 0.1) is 0 Å². The molecule has 5 rings (SSSR count). The van der Waals surface area contributed by atoms with E-state index in [-0.39, 0.29) is 0 Å². The van der Waals surface area contributed by atoms with Crippen LogP contribution in [0.25, 0.3) is 0 Å². The Morgan fingerprint density at radius 3 is 1.79 bits per heavy atom. The monoisotopic (exact) mass is 470 g/mol. The van der Waals surface area contributed by atoms with E-state index in [9.17, 15) is 0 Å². The van der Waals surface area contributed by atoms with E-state index < -0.39 is 8.07 Å². The SMILES string of the molecule is CCCC[Si-](CCCC)(CCCC)c1ccc(OCOC)c(C23CC4CC(CC(C4)C2)C3)c1. The first-order valence-corrected chi connectivity index (χ1v) is 17.0. The minimum atomic E-state index is -1.52. The van der Waals surface area contributed by atoms with Gasteiger partial charge in [0.2, 0.25) is 0 Å². The molecule has 4 saturated carbocycles. The normalized spacial score (nSPS) is 28.4. The number of rotatable bonds is 14. The zero-order valence-electron chi connectivity index (χ0n) is 22.1. The fourth-order valence-electron chi connectivity index (χ4n) is 8.32. The van der Waals surface area contributed by atoms with Crippen LogP contribution in [0, 0.1) is 17.8 Å². The van der Waals surface area contributed by atoms with Crippen LogP contribution >= 0.6 is 0 Å². The summed E-state index contributed by atoms with van der Waals surface area (Å²) in [6.07, 6.45) is 16.9. The fourth-order valence-corrected chi connectivity index (χ4v) is 13.9. The molecule has 0 aliphatic heterocycles. The summed E-state index contributed by atoms with van der Waals surface area (Å²) in [6.45, 7) is 7.49. The Labute approximate surface area is 205 Å². The molecule has 3 heteroatoms. The van der Waals surface area contributed by atoms with Crippen LogP contribution in [0.3, 0.4) is 0 Å². The topological polar surface area (TPSA) is 18.5 Å². The molecule has 1 aromatic rings. The molecule has 0 atom stereocenters. The number of methoxy groups -OCH3 is 1. The van der Waals surface area contributed by atoms with Gasteiger partial charge in [-0.15, -0.1) is 8.07 Å². The molecule has 0 N–H and O–H groups in total. The first kappa shape index (κ1) is 25.3. The van der Waals surface area contributed by atoms with Crippen molar-refractivity contribution in [2.24, 2.45) is 17.8 Å². The van der Waals surface area contributed by atoms with Gasteiger partial charge in [0.25, 0.3) is 0 Å². The third-order valence-corrected chi connectivity index (χ3v) is 15.0. The molecule has 0 unspecified atom stereocenters. The molecule has 0 radical (unpaired) electrons. The minimum absolute atomic E-state index is 0.364. The second-order valence-electron chi connectivity index (χ2n) is 12.1. The molecular weight excluding hydrogens is 420 g/mol. The van der Waals surface area contributed by atoms with E-state index in [0.717, 1.165) is 23.5 Å². The molecule has 0 spiro atoms. The van der Waals surface area contributed by atoms with Crippen LogP contribution in [0.1, 0.15) is 103 Å². The maximum atomic E-state index is 6.28. The minimum Gasteiger partial charge on any atom is -0.467 e. The van der Waals surface area contributed by atoms with E-state index in [4.69, 9.17) is 9.47 Å². The highest BCUT2D eigenvalue weighted by molar-refractivity contribution is 6.91. The van der Waals surface area contributed by atoms with Crippen molar-refractivity contribution in [1.29, 1.82) is 0 Å². The lowest BCUT2D eigenvalue weighted by Gasteiger charge is -2.57. The van der Waals surface area contributed by atoms with Gasteiger partial charge in [-0.25, -0.2) is 0 Å². The Morgan fingerprint density at radius 1 is 0.818 bits per heavy atom. The molecule has 0 heterocycles. The zero-order chi connectivity index (χ0) is 23.3. The summed E-state index contributed by atoms with van der Waals surface area (Å²) in [6, 6.07) is 12.0. The van der Waals surface area contributed by atoms with Crippen molar-refractivity contribution < 1.29 is 9.47 Å². The highest BCUT2D eigenvalue weighted by atomic mass is 28.3. The summed E-state index contributed by atoms with van der Waals surface area (Å²) >= 11 is 0. The Hall–Kier alpha value is -0.803. The van der Waals surface area contributed by atoms with Crippen LogP contribution in [0.15, 0.2) is 18.2 Å². The van der Waals surface area contributed by atoms with Crippen molar-refractivity contribution in [3.05, 3.63) is 23.8 Å². The fraction of sp³-hybridized carbons (Fsp3) is 0.800. The highest BCUT2D eigenvalue weighted by Gasteiger charge is 2.52. The molecular formula is C30H50O2Si-. The summed E-state index contributed by atoms with van der Waals surface area (Å²) in [5.41, 5.74) is 1.95. The summed E-state index contributed by atoms with van der Waals surface area (Å²) in [7, 11) is 0.226. The van der Waals surface area contributed by atoms with Crippen molar-refractivity contribution in [3.8, 4) is 5.75 Å². The molecule has 1 aromatic carbocycles. The number of unbranched alkanes of at least 4 members (excludes halogenated alkanes) is 3. The van der Waals surface area contributed by atoms with Crippen LogP contribution in [-0.4, -0.2) is 22.0 Å². The Morgan fingerprint density at radius 2 is 1.33 bits per heavy atom. The van der Waals surface area contributed by atoms with Gasteiger partial charge in [-0.1, -0.05) is 71.4 Å². The Balaban J connectivity index is 1.76. The van der Waals surface area contributed by atoms with E-state index in [1.54, 1.807) is 17.9 Å². The van der Waals surface area contributed by atoms with Crippen molar-refractivity contribution in [2.45, 2.75) is 121 Å². The summed E-state index contributed by atoms with van der Waals surface area (Å²) in [4.78, 5) is 0.